The highest BCUT2D eigenvalue weighted by atomic mass is 16.5. The highest BCUT2D eigenvalue weighted by Crippen LogP contribution is 2.23. The number of piperazine rings is 1. The number of nitrogens with one attached hydrogen (secondary N) is 2. The van der Waals surface area contributed by atoms with Gasteiger partial charge in [0.15, 0.2) is 0 Å². The Balaban J connectivity index is 1.16. The molecule has 3 aromatic rings. The molecule has 1 saturated heterocycles. The average molecular weight is 448 g/mol. The van der Waals surface area contributed by atoms with Crippen molar-refractivity contribution in [3.63, 3.8) is 0 Å². The number of carbonyl (C=O) groups excluding carboxylic acids is 1. The van der Waals surface area contributed by atoms with Crippen LogP contribution in [-0.4, -0.2) is 65.2 Å². The van der Waals surface area contributed by atoms with Crippen LogP contribution in [-0.2, 0) is 0 Å². The van der Waals surface area contributed by atoms with Crippen LogP contribution in [0.3, 0.4) is 0 Å². The van der Waals surface area contributed by atoms with Gasteiger partial charge >= 0.3 is 6.03 Å². The normalized spacial score (nSPS) is 14.1. The SMILES string of the molecule is Cc1ccc(Oc2ccc(NC(=O)NCCN3CCN(c4ncccn4)CC3)cn2)cc1C. The van der Waals surface area contributed by atoms with E-state index in [2.05, 4.69) is 42.3 Å². The summed E-state index contributed by atoms with van der Waals surface area (Å²) >= 11 is 0. The van der Waals surface area contributed by atoms with Crippen molar-refractivity contribution < 1.29 is 9.53 Å². The zero-order valence-electron chi connectivity index (χ0n) is 19.0. The molecule has 0 bridgehead atoms. The lowest BCUT2D eigenvalue weighted by atomic mass is 10.1. The van der Waals surface area contributed by atoms with Gasteiger partial charge in [-0.2, -0.15) is 0 Å². The number of nitrogens with zero attached hydrogens (tertiary/aromatic N) is 5. The Labute approximate surface area is 193 Å². The van der Waals surface area contributed by atoms with Crippen LogP contribution < -0.4 is 20.3 Å². The lowest BCUT2D eigenvalue weighted by Crippen LogP contribution is -2.49. The van der Waals surface area contributed by atoms with Crippen molar-refractivity contribution in [2.45, 2.75) is 13.8 Å². The second-order valence-electron chi connectivity index (χ2n) is 7.99. The fourth-order valence-electron chi connectivity index (χ4n) is 3.54. The third-order valence-corrected chi connectivity index (χ3v) is 5.62. The van der Waals surface area contributed by atoms with Crippen LogP contribution in [0, 0.1) is 13.8 Å². The highest BCUT2D eigenvalue weighted by Gasteiger charge is 2.18. The van der Waals surface area contributed by atoms with Crippen molar-refractivity contribution in [3.05, 3.63) is 66.1 Å². The van der Waals surface area contributed by atoms with Crippen molar-refractivity contribution in [1.82, 2.24) is 25.2 Å². The first-order valence-electron chi connectivity index (χ1n) is 11.1. The summed E-state index contributed by atoms with van der Waals surface area (Å²) in [6, 6.07) is 11.0. The van der Waals surface area contributed by atoms with Crippen molar-refractivity contribution in [1.29, 1.82) is 0 Å². The van der Waals surface area contributed by atoms with Gasteiger partial charge in [-0.15, -0.1) is 0 Å². The summed E-state index contributed by atoms with van der Waals surface area (Å²) in [7, 11) is 0. The topological polar surface area (TPSA) is 95.5 Å². The maximum atomic E-state index is 12.2. The number of pyridine rings is 1. The largest absolute Gasteiger partial charge is 0.439 e. The first-order chi connectivity index (χ1) is 16.1. The first-order valence-corrected chi connectivity index (χ1v) is 11.1. The van der Waals surface area contributed by atoms with Crippen LogP contribution in [0.2, 0.25) is 0 Å². The minimum atomic E-state index is -0.254. The van der Waals surface area contributed by atoms with Crippen LogP contribution in [0.4, 0.5) is 16.4 Å². The Hall–Kier alpha value is -3.72. The van der Waals surface area contributed by atoms with Crippen LogP contribution in [0.15, 0.2) is 55.0 Å². The van der Waals surface area contributed by atoms with Gasteiger partial charge < -0.3 is 20.3 Å². The number of amides is 2. The number of aromatic nitrogens is 3. The molecule has 2 N–H and O–H groups in total. The summed E-state index contributed by atoms with van der Waals surface area (Å²) in [6.45, 7) is 9.02. The van der Waals surface area contributed by atoms with E-state index in [0.717, 1.165) is 50.0 Å². The Kier molecular flexibility index (Phi) is 7.31. The molecule has 0 aliphatic carbocycles. The van der Waals surface area contributed by atoms with Crippen molar-refractivity contribution >= 4 is 17.7 Å². The van der Waals surface area contributed by atoms with Gasteiger partial charge in [0.25, 0.3) is 0 Å². The number of urea groups is 1. The fourth-order valence-corrected chi connectivity index (χ4v) is 3.54. The summed E-state index contributed by atoms with van der Waals surface area (Å²) in [5.74, 6) is 1.99. The van der Waals surface area contributed by atoms with Crippen LogP contribution >= 0.6 is 0 Å². The molecule has 9 nitrogen and oxygen atoms in total. The Morgan fingerprint density at radius 1 is 1.00 bits per heavy atom. The second kappa shape index (κ2) is 10.7. The Morgan fingerprint density at radius 3 is 2.48 bits per heavy atom. The first kappa shape index (κ1) is 22.5. The van der Waals surface area contributed by atoms with E-state index in [9.17, 15) is 4.79 Å². The smallest absolute Gasteiger partial charge is 0.319 e. The van der Waals surface area contributed by atoms with Gasteiger partial charge in [0.2, 0.25) is 11.8 Å². The quantitative estimate of drug-likeness (QED) is 0.574. The van der Waals surface area contributed by atoms with Crippen molar-refractivity contribution in [3.8, 4) is 11.6 Å². The Morgan fingerprint density at radius 2 is 1.79 bits per heavy atom. The summed E-state index contributed by atoms with van der Waals surface area (Å²) in [5, 5.41) is 5.70. The lowest BCUT2D eigenvalue weighted by Gasteiger charge is -2.34. The van der Waals surface area contributed by atoms with E-state index in [4.69, 9.17) is 4.74 Å². The Bertz CT molecular complexity index is 1050. The number of hydrogen-bond donors (Lipinski definition) is 2. The molecule has 1 aliphatic heterocycles. The molecular formula is C24H29N7O2. The van der Waals surface area contributed by atoms with Gasteiger partial charge in [-0.25, -0.2) is 19.7 Å². The van der Waals surface area contributed by atoms with Gasteiger partial charge in [0.05, 0.1) is 11.9 Å². The van der Waals surface area contributed by atoms with E-state index in [1.807, 2.05) is 31.2 Å². The number of anilines is 2. The van der Waals surface area contributed by atoms with E-state index in [1.165, 1.54) is 5.56 Å². The molecule has 0 radical (unpaired) electrons. The average Bonchev–Trinajstić information content (AvgIpc) is 2.84. The molecular weight excluding hydrogens is 418 g/mol. The number of ether oxygens (including phenoxy) is 1. The molecule has 1 aromatic carbocycles. The van der Waals surface area contributed by atoms with Crippen LogP contribution in [0.1, 0.15) is 11.1 Å². The third-order valence-electron chi connectivity index (χ3n) is 5.62. The second-order valence-corrected chi connectivity index (χ2v) is 7.99. The molecule has 33 heavy (non-hydrogen) atoms. The number of rotatable bonds is 7. The third kappa shape index (κ3) is 6.39. The molecule has 0 unspecified atom stereocenters. The minimum absolute atomic E-state index is 0.254. The molecule has 0 atom stereocenters. The minimum Gasteiger partial charge on any atom is -0.439 e. The van der Waals surface area contributed by atoms with Gasteiger partial charge in [-0.05, 0) is 49.2 Å². The predicted molar refractivity (Wildman–Crippen MR) is 128 cm³/mol. The number of hydrogen-bond acceptors (Lipinski definition) is 7. The molecule has 1 fully saturated rings. The predicted octanol–water partition coefficient (Wildman–Crippen LogP) is 3.22. The summed E-state index contributed by atoms with van der Waals surface area (Å²) in [6.07, 6.45) is 5.11. The molecule has 0 saturated carbocycles. The maximum Gasteiger partial charge on any atom is 0.319 e. The highest BCUT2D eigenvalue weighted by molar-refractivity contribution is 5.89. The van der Waals surface area contributed by atoms with E-state index < -0.39 is 0 Å². The summed E-state index contributed by atoms with van der Waals surface area (Å²) in [4.78, 5) is 29.6. The molecule has 1 aliphatic rings. The fraction of sp³-hybridized carbons (Fsp3) is 0.333. The molecule has 2 aromatic heterocycles. The standard InChI is InChI=1S/C24H29N7O2/c1-18-4-6-21(16-19(18)2)33-22-7-5-20(17-28-22)29-24(32)27-10-11-30-12-14-31(15-13-30)23-25-8-3-9-26-23/h3-9,16-17H,10-15H2,1-2H3,(H2,27,29,32). The van der Waals surface area contributed by atoms with E-state index in [1.54, 1.807) is 30.7 Å². The zero-order valence-corrected chi connectivity index (χ0v) is 19.0. The number of aryl methyl sites for hydroxylation is 2. The van der Waals surface area contributed by atoms with Gasteiger partial charge in [0, 0.05) is 57.7 Å². The van der Waals surface area contributed by atoms with E-state index in [-0.39, 0.29) is 6.03 Å². The summed E-state index contributed by atoms with van der Waals surface area (Å²) in [5.41, 5.74) is 2.98. The van der Waals surface area contributed by atoms with E-state index in [0.29, 0.717) is 18.1 Å². The molecule has 2 amide bonds. The monoisotopic (exact) mass is 447 g/mol. The molecule has 0 spiro atoms. The molecule has 4 rings (SSSR count). The molecule has 3 heterocycles. The van der Waals surface area contributed by atoms with Crippen molar-refractivity contribution in [2.75, 3.05) is 49.5 Å². The van der Waals surface area contributed by atoms with Gasteiger partial charge in [-0.1, -0.05) is 6.07 Å². The van der Waals surface area contributed by atoms with E-state index >= 15 is 0 Å². The summed E-state index contributed by atoms with van der Waals surface area (Å²) < 4.78 is 5.79. The van der Waals surface area contributed by atoms with Crippen LogP contribution in [0.5, 0.6) is 11.6 Å². The van der Waals surface area contributed by atoms with Crippen LogP contribution in [0.25, 0.3) is 0 Å². The molecule has 172 valence electrons. The molecule has 9 heteroatoms. The maximum absolute atomic E-state index is 12.2. The van der Waals surface area contributed by atoms with Gasteiger partial charge in [-0.3, -0.25) is 4.90 Å². The zero-order chi connectivity index (χ0) is 23.0. The number of benzene rings is 1. The van der Waals surface area contributed by atoms with Crippen molar-refractivity contribution in [2.24, 2.45) is 0 Å². The number of carbonyl (C=O) groups is 1. The van der Waals surface area contributed by atoms with Gasteiger partial charge in [0.1, 0.15) is 5.75 Å². The lowest BCUT2D eigenvalue weighted by molar-refractivity contribution is 0.240.